The summed E-state index contributed by atoms with van der Waals surface area (Å²) >= 11 is 0. The lowest BCUT2D eigenvalue weighted by Crippen LogP contribution is -3.13. The second kappa shape index (κ2) is 6.50. The van der Waals surface area contributed by atoms with Gasteiger partial charge in [0.25, 0.3) is 0 Å². The largest absolute Gasteiger partial charge is 0.460 e. The van der Waals surface area contributed by atoms with Gasteiger partial charge in [0.05, 0.1) is 6.54 Å². The predicted molar refractivity (Wildman–Crippen MR) is 68.2 cm³/mol. The van der Waals surface area contributed by atoms with E-state index >= 15 is 0 Å². The van der Waals surface area contributed by atoms with Crippen LogP contribution in [0.5, 0.6) is 0 Å². The zero-order valence-electron chi connectivity index (χ0n) is 10.9. The van der Waals surface area contributed by atoms with E-state index < -0.39 is 0 Å². The first-order chi connectivity index (χ1) is 8.77. The Morgan fingerprint density at radius 3 is 3.17 bits per heavy atom. The molecule has 0 bridgehead atoms. The molecule has 4 heteroatoms. The Hall–Kier alpha value is -1.42. The van der Waals surface area contributed by atoms with Crippen molar-refractivity contribution in [2.75, 3.05) is 19.7 Å². The normalized spacial score (nSPS) is 23.6. The smallest absolute Gasteiger partial charge is 0.302 e. The number of piperidine rings is 1. The lowest BCUT2D eigenvalue weighted by Gasteiger charge is -2.32. The third-order valence-corrected chi connectivity index (χ3v) is 3.55. The zero-order chi connectivity index (χ0) is 12.8. The highest BCUT2D eigenvalue weighted by Gasteiger charge is 2.27. The van der Waals surface area contributed by atoms with E-state index in [4.69, 9.17) is 4.74 Å². The van der Waals surface area contributed by atoms with Crippen LogP contribution in [0, 0.1) is 0 Å². The molecule has 0 aliphatic carbocycles. The average molecular weight is 249 g/mol. The molecule has 0 spiro atoms. The molecular formula is C14H21N2O2+. The number of ether oxygens (including phenoxy) is 1. The molecule has 0 amide bonds. The summed E-state index contributed by atoms with van der Waals surface area (Å²) in [6.45, 7) is 4.02. The molecule has 1 fully saturated rings. The van der Waals surface area contributed by atoms with Crippen molar-refractivity contribution >= 4 is 5.97 Å². The second-order valence-electron chi connectivity index (χ2n) is 4.83. The minimum absolute atomic E-state index is 0.190. The summed E-state index contributed by atoms with van der Waals surface area (Å²) in [5.41, 5.74) is 1.30. The first-order valence-electron chi connectivity index (χ1n) is 6.65. The minimum atomic E-state index is -0.190. The van der Waals surface area contributed by atoms with Crippen molar-refractivity contribution in [3.8, 4) is 0 Å². The highest BCUT2D eigenvalue weighted by molar-refractivity contribution is 5.65. The van der Waals surface area contributed by atoms with E-state index in [0.29, 0.717) is 12.6 Å². The lowest BCUT2D eigenvalue weighted by molar-refractivity contribution is -0.937. The molecule has 18 heavy (non-hydrogen) atoms. The summed E-state index contributed by atoms with van der Waals surface area (Å²) in [6.07, 6.45) is 7.50. The Bertz CT molecular complexity index is 381. The van der Waals surface area contributed by atoms with Gasteiger partial charge in [0, 0.05) is 31.3 Å². The molecular weight excluding hydrogens is 228 g/mol. The van der Waals surface area contributed by atoms with Gasteiger partial charge in [-0.25, -0.2) is 0 Å². The summed E-state index contributed by atoms with van der Waals surface area (Å²) in [7, 11) is 0. The lowest BCUT2D eigenvalue weighted by atomic mass is 9.96. The maximum absolute atomic E-state index is 10.8. The molecule has 1 aliphatic heterocycles. The quantitative estimate of drug-likeness (QED) is 0.801. The van der Waals surface area contributed by atoms with Crippen LogP contribution < -0.4 is 4.90 Å². The van der Waals surface area contributed by atoms with Crippen LogP contribution in [0.3, 0.4) is 0 Å². The Labute approximate surface area is 108 Å². The highest BCUT2D eigenvalue weighted by atomic mass is 16.5. The van der Waals surface area contributed by atoms with Gasteiger partial charge in [-0.3, -0.25) is 9.78 Å². The summed E-state index contributed by atoms with van der Waals surface area (Å²) in [5.74, 6) is -0.190. The van der Waals surface area contributed by atoms with Gasteiger partial charge in [0.2, 0.25) is 0 Å². The Morgan fingerprint density at radius 2 is 2.44 bits per heavy atom. The number of nitrogens with zero attached hydrogens (tertiary/aromatic N) is 1. The monoisotopic (exact) mass is 249 g/mol. The van der Waals surface area contributed by atoms with E-state index in [-0.39, 0.29) is 5.97 Å². The van der Waals surface area contributed by atoms with Crippen LogP contribution in [-0.4, -0.2) is 30.6 Å². The third kappa shape index (κ3) is 3.53. The fraction of sp³-hybridized carbons (Fsp3) is 0.571. The van der Waals surface area contributed by atoms with Crippen molar-refractivity contribution in [2.24, 2.45) is 0 Å². The Balaban J connectivity index is 1.95. The molecule has 0 radical (unpaired) electrons. The standard InChI is InChI=1S/C14H20N2O2/c1-12(17)18-10-9-16-8-3-2-6-14(16)13-5-4-7-15-11-13/h4-5,7,11,14H,2-3,6,8-10H2,1H3/p+1/t14-/m1/s1. The first kappa shape index (κ1) is 13.0. The number of hydrogen-bond donors (Lipinski definition) is 1. The number of carbonyl (C=O) groups excluding carboxylic acids is 1. The number of hydrogen-bond acceptors (Lipinski definition) is 3. The van der Waals surface area contributed by atoms with Crippen molar-refractivity contribution in [2.45, 2.75) is 32.2 Å². The van der Waals surface area contributed by atoms with Crippen LogP contribution in [-0.2, 0) is 9.53 Å². The van der Waals surface area contributed by atoms with Gasteiger partial charge in [0.15, 0.2) is 0 Å². The Morgan fingerprint density at radius 1 is 1.56 bits per heavy atom. The van der Waals surface area contributed by atoms with Gasteiger partial charge in [-0.15, -0.1) is 0 Å². The predicted octanol–water partition coefficient (Wildman–Crippen LogP) is 0.755. The van der Waals surface area contributed by atoms with Gasteiger partial charge in [-0.1, -0.05) is 6.07 Å². The molecule has 0 aromatic carbocycles. The molecule has 2 heterocycles. The number of quaternary nitrogens is 1. The van der Waals surface area contributed by atoms with Crippen molar-refractivity contribution in [1.82, 2.24) is 4.98 Å². The number of pyridine rings is 1. The number of likely N-dealkylation sites (tertiary alicyclic amines) is 1. The van der Waals surface area contributed by atoms with Crippen molar-refractivity contribution in [3.05, 3.63) is 30.1 Å². The molecule has 1 saturated heterocycles. The van der Waals surface area contributed by atoms with Gasteiger partial charge in [0.1, 0.15) is 19.2 Å². The molecule has 1 aromatic rings. The molecule has 1 aromatic heterocycles. The summed E-state index contributed by atoms with van der Waals surface area (Å²) < 4.78 is 5.05. The maximum atomic E-state index is 10.8. The van der Waals surface area contributed by atoms with Gasteiger partial charge in [-0.05, 0) is 18.9 Å². The van der Waals surface area contributed by atoms with Crippen LogP contribution in [0.4, 0.5) is 0 Å². The number of aromatic nitrogens is 1. The SMILES string of the molecule is CC(=O)OCC[NH+]1CCCC[C@@H]1c1cccnc1. The van der Waals surface area contributed by atoms with Crippen LogP contribution in [0.2, 0.25) is 0 Å². The van der Waals surface area contributed by atoms with Crippen LogP contribution in [0.1, 0.15) is 37.8 Å². The highest BCUT2D eigenvalue weighted by Crippen LogP contribution is 2.18. The van der Waals surface area contributed by atoms with Gasteiger partial charge < -0.3 is 9.64 Å². The molecule has 0 saturated carbocycles. The fourth-order valence-electron chi connectivity index (χ4n) is 2.69. The van der Waals surface area contributed by atoms with E-state index in [1.54, 1.807) is 0 Å². The van der Waals surface area contributed by atoms with Crippen molar-refractivity contribution in [1.29, 1.82) is 0 Å². The third-order valence-electron chi connectivity index (χ3n) is 3.55. The van der Waals surface area contributed by atoms with E-state index in [1.807, 2.05) is 18.5 Å². The summed E-state index contributed by atoms with van der Waals surface area (Å²) in [4.78, 5) is 16.5. The fourth-order valence-corrected chi connectivity index (χ4v) is 2.69. The van der Waals surface area contributed by atoms with E-state index in [1.165, 1.54) is 36.6 Å². The number of nitrogens with one attached hydrogen (secondary N) is 1. The second-order valence-corrected chi connectivity index (χ2v) is 4.83. The molecule has 1 unspecified atom stereocenters. The van der Waals surface area contributed by atoms with Crippen molar-refractivity contribution in [3.63, 3.8) is 0 Å². The molecule has 98 valence electrons. The Kier molecular flexibility index (Phi) is 4.70. The first-order valence-corrected chi connectivity index (χ1v) is 6.65. The average Bonchev–Trinajstić information content (AvgIpc) is 2.40. The van der Waals surface area contributed by atoms with Gasteiger partial charge >= 0.3 is 5.97 Å². The zero-order valence-corrected chi connectivity index (χ0v) is 10.9. The van der Waals surface area contributed by atoms with Crippen LogP contribution in [0.15, 0.2) is 24.5 Å². The summed E-state index contributed by atoms with van der Waals surface area (Å²) in [6, 6.07) is 4.64. The van der Waals surface area contributed by atoms with Crippen LogP contribution >= 0.6 is 0 Å². The molecule has 1 N–H and O–H groups in total. The van der Waals surface area contributed by atoms with Crippen molar-refractivity contribution < 1.29 is 14.4 Å². The minimum Gasteiger partial charge on any atom is -0.460 e. The van der Waals surface area contributed by atoms with E-state index in [2.05, 4.69) is 11.1 Å². The molecule has 2 atom stereocenters. The number of rotatable bonds is 4. The van der Waals surface area contributed by atoms with E-state index in [9.17, 15) is 4.79 Å². The number of esters is 1. The van der Waals surface area contributed by atoms with E-state index in [0.717, 1.165) is 13.1 Å². The topological polar surface area (TPSA) is 43.6 Å². The number of carbonyl (C=O) groups is 1. The van der Waals surface area contributed by atoms with Gasteiger partial charge in [-0.2, -0.15) is 0 Å². The maximum Gasteiger partial charge on any atom is 0.302 e. The van der Waals surface area contributed by atoms with Crippen LogP contribution in [0.25, 0.3) is 0 Å². The molecule has 1 aliphatic rings. The summed E-state index contributed by atoms with van der Waals surface area (Å²) in [5, 5.41) is 0. The molecule has 2 rings (SSSR count). The molecule has 4 nitrogen and oxygen atoms in total.